The molecule has 2 aromatic heterocycles. The quantitative estimate of drug-likeness (QED) is 0.812. The van der Waals surface area contributed by atoms with Crippen LogP contribution in [0.15, 0.2) is 6.07 Å². The summed E-state index contributed by atoms with van der Waals surface area (Å²) >= 11 is 1.55. The molecule has 25 heavy (non-hydrogen) atoms. The van der Waals surface area contributed by atoms with Crippen molar-refractivity contribution in [3.05, 3.63) is 16.8 Å². The van der Waals surface area contributed by atoms with Crippen molar-refractivity contribution >= 4 is 39.1 Å². The second kappa shape index (κ2) is 7.45. The maximum atomic E-state index is 12.2. The van der Waals surface area contributed by atoms with Gasteiger partial charge in [0.05, 0.1) is 12.0 Å². The lowest BCUT2D eigenvalue weighted by atomic mass is 10.1. The lowest BCUT2D eigenvalue weighted by Crippen LogP contribution is -2.55. The van der Waals surface area contributed by atoms with E-state index < -0.39 is 5.97 Å². The van der Waals surface area contributed by atoms with E-state index in [1.165, 1.54) is 4.88 Å². The first kappa shape index (κ1) is 17.8. The Bertz CT molecular complexity index is 805. The van der Waals surface area contributed by atoms with E-state index in [-0.39, 0.29) is 24.3 Å². The summed E-state index contributed by atoms with van der Waals surface area (Å²) in [5, 5.41) is 4.13. The number of anilines is 1. The average Bonchev–Trinajstić information content (AvgIpc) is 3.04. The summed E-state index contributed by atoms with van der Waals surface area (Å²) in [7, 11) is 0. The first-order valence-electron chi connectivity index (χ1n) is 8.50. The summed E-state index contributed by atoms with van der Waals surface area (Å²) in [5.74, 6) is 0.231. The van der Waals surface area contributed by atoms with Gasteiger partial charge in [-0.05, 0) is 26.3 Å². The molecule has 0 amide bonds. The van der Waals surface area contributed by atoms with E-state index in [1.807, 2.05) is 4.90 Å². The number of nitrogens with one attached hydrogen (secondary N) is 1. The molecule has 0 bridgehead atoms. The number of thiophene rings is 1. The monoisotopic (exact) mass is 362 g/mol. The maximum Gasteiger partial charge on any atom is 0.376 e. The Kier molecular flexibility index (Phi) is 5.29. The number of rotatable bonds is 5. The van der Waals surface area contributed by atoms with Crippen molar-refractivity contribution in [1.29, 1.82) is 0 Å². The number of aryl methyl sites for hydroxylation is 1. The van der Waals surface area contributed by atoms with Crippen LogP contribution in [0.5, 0.6) is 0 Å². The summed E-state index contributed by atoms with van der Waals surface area (Å²) in [6.07, 6.45) is 0.882. The van der Waals surface area contributed by atoms with Crippen LogP contribution in [-0.4, -0.2) is 54.0 Å². The first-order valence-corrected chi connectivity index (χ1v) is 9.32. The van der Waals surface area contributed by atoms with E-state index in [0.717, 1.165) is 23.2 Å². The van der Waals surface area contributed by atoms with Crippen LogP contribution in [0.25, 0.3) is 10.2 Å². The van der Waals surface area contributed by atoms with Crippen LogP contribution in [-0.2, 0) is 16.0 Å². The van der Waals surface area contributed by atoms with Gasteiger partial charge in [-0.15, -0.1) is 11.3 Å². The second-order valence-electron chi connectivity index (χ2n) is 5.90. The van der Waals surface area contributed by atoms with E-state index in [4.69, 9.17) is 4.74 Å². The smallest absolute Gasteiger partial charge is 0.376 e. The van der Waals surface area contributed by atoms with Gasteiger partial charge in [-0.2, -0.15) is 0 Å². The number of carbonyl (C=O) groups is 2. The molecule has 1 saturated heterocycles. The molecule has 0 aliphatic carbocycles. The van der Waals surface area contributed by atoms with Gasteiger partial charge in [0.25, 0.3) is 0 Å². The number of piperazine rings is 1. The maximum absolute atomic E-state index is 12.2. The van der Waals surface area contributed by atoms with Gasteiger partial charge >= 0.3 is 5.97 Å². The van der Waals surface area contributed by atoms with Gasteiger partial charge in [0.15, 0.2) is 5.78 Å². The minimum absolute atomic E-state index is 0.0506. The number of carbonyl (C=O) groups excluding carboxylic acids is 2. The minimum atomic E-state index is -0.536. The highest BCUT2D eigenvalue weighted by Crippen LogP contribution is 2.32. The topological polar surface area (TPSA) is 84.4 Å². The highest BCUT2D eigenvalue weighted by Gasteiger charge is 2.30. The summed E-state index contributed by atoms with van der Waals surface area (Å²) in [6.45, 7) is 7.66. The highest BCUT2D eigenvalue weighted by molar-refractivity contribution is 7.18. The van der Waals surface area contributed by atoms with Crippen LogP contribution in [0.1, 0.15) is 36.3 Å². The summed E-state index contributed by atoms with van der Waals surface area (Å²) in [4.78, 5) is 37.1. The zero-order valence-electron chi connectivity index (χ0n) is 14.7. The van der Waals surface area contributed by atoms with Crippen molar-refractivity contribution in [1.82, 2.24) is 15.3 Å². The van der Waals surface area contributed by atoms with Crippen LogP contribution < -0.4 is 10.2 Å². The van der Waals surface area contributed by atoms with Crippen molar-refractivity contribution < 1.29 is 14.3 Å². The molecular weight excluding hydrogens is 340 g/mol. The van der Waals surface area contributed by atoms with Crippen LogP contribution in [0.4, 0.5) is 5.82 Å². The van der Waals surface area contributed by atoms with E-state index in [1.54, 1.807) is 25.2 Å². The third kappa shape index (κ3) is 3.50. The SMILES string of the molecule is CCOC(=O)c1nc(N2CCNCC2C(C)=O)c2cc(CC)sc2n1. The molecule has 1 N–H and O–H groups in total. The number of hydrogen-bond donors (Lipinski definition) is 1. The van der Waals surface area contributed by atoms with Crippen molar-refractivity contribution in [3.63, 3.8) is 0 Å². The predicted octanol–water partition coefficient (Wildman–Crippen LogP) is 1.80. The Hall–Kier alpha value is -2.06. The number of hydrogen-bond acceptors (Lipinski definition) is 8. The molecule has 1 atom stereocenters. The lowest BCUT2D eigenvalue weighted by Gasteiger charge is -2.35. The molecule has 0 spiro atoms. The molecule has 3 heterocycles. The van der Waals surface area contributed by atoms with Gasteiger partial charge in [-0.25, -0.2) is 14.8 Å². The molecule has 0 saturated carbocycles. The normalized spacial score (nSPS) is 17.7. The molecule has 8 heteroatoms. The summed E-state index contributed by atoms with van der Waals surface area (Å²) in [6, 6.07) is 1.76. The fourth-order valence-electron chi connectivity index (χ4n) is 2.96. The summed E-state index contributed by atoms with van der Waals surface area (Å²) < 4.78 is 5.07. The molecule has 0 aromatic carbocycles. The zero-order chi connectivity index (χ0) is 18.0. The van der Waals surface area contributed by atoms with Gasteiger partial charge in [0, 0.05) is 24.5 Å². The largest absolute Gasteiger partial charge is 0.460 e. The summed E-state index contributed by atoms with van der Waals surface area (Å²) in [5.41, 5.74) is 0. The Balaban J connectivity index is 2.14. The van der Waals surface area contributed by atoms with Crippen LogP contribution in [0.3, 0.4) is 0 Å². The van der Waals surface area contributed by atoms with Crippen molar-refractivity contribution in [3.8, 4) is 0 Å². The van der Waals surface area contributed by atoms with Crippen molar-refractivity contribution in [2.24, 2.45) is 0 Å². The molecule has 1 aliphatic rings. The Labute approximate surface area is 150 Å². The number of fused-ring (bicyclic) bond motifs is 1. The first-order chi connectivity index (χ1) is 12.0. The second-order valence-corrected chi connectivity index (χ2v) is 7.02. The van der Waals surface area contributed by atoms with E-state index in [9.17, 15) is 9.59 Å². The Morgan fingerprint density at radius 2 is 2.20 bits per heavy atom. The minimum Gasteiger partial charge on any atom is -0.460 e. The van der Waals surface area contributed by atoms with Crippen LogP contribution in [0, 0.1) is 0 Å². The number of Topliss-reactive ketones (excluding diaryl/α,β-unsaturated/α-hetero) is 1. The number of esters is 1. The number of ketones is 1. The predicted molar refractivity (Wildman–Crippen MR) is 97.4 cm³/mol. The highest BCUT2D eigenvalue weighted by atomic mass is 32.1. The fourth-order valence-corrected chi connectivity index (χ4v) is 3.92. The van der Waals surface area contributed by atoms with E-state index >= 15 is 0 Å². The van der Waals surface area contributed by atoms with E-state index in [0.29, 0.717) is 18.9 Å². The number of aromatic nitrogens is 2. The molecule has 0 radical (unpaired) electrons. The molecular formula is C17H22N4O3S. The van der Waals surface area contributed by atoms with Crippen LogP contribution >= 0.6 is 11.3 Å². The standard InChI is InChI=1S/C17H22N4O3S/c1-4-11-8-12-15(21-7-6-18-9-13(21)10(3)22)19-14(17(23)24-5-2)20-16(12)25-11/h8,13,18H,4-7,9H2,1-3H3. The third-order valence-corrected chi connectivity index (χ3v) is 5.39. The average molecular weight is 362 g/mol. The fraction of sp³-hybridized carbons (Fsp3) is 0.529. The number of ether oxygens (including phenoxy) is 1. The lowest BCUT2D eigenvalue weighted by molar-refractivity contribution is -0.118. The number of nitrogens with zero attached hydrogens (tertiary/aromatic N) is 3. The van der Waals surface area contributed by atoms with Crippen LogP contribution in [0.2, 0.25) is 0 Å². The molecule has 1 fully saturated rings. The van der Waals surface area contributed by atoms with Crippen molar-refractivity contribution in [2.75, 3.05) is 31.1 Å². The van der Waals surface area contributed by atoms with Crippen molar-refractivity contribution in [2.45, 2.75) is 33.2 Å². The Morgan fingerprint density at radius 1 is 1.40 bits per heavy atom. The molecule has 1 aliphatic heterocycles. The van der Waals surface area contributed by atoms with Gasteiger partial charge < -0.3 is 15.0 Å². The van der Waals surface area contributed by atoms with Gasteiger partial charge in [-0.1, -0.05) is 6.92 Å². The molecule has 7 nitrogen and oxygen atoms in total. The van der Waals surface area contributed by atoms with Gasteiger partial charge in [-0.3, -0.25) is 4.79 Å². The molecule has 134 valence electrons. The van der Waals surface area contributed by atoms with Gasteiger partial charge in [0.1, 0.15) is 16.7 Å². The van der Waals surface area contributed by atoms with E-state index in [2.05, 4.69) is 28.3 Å². The third-order valence-electron chi connectivity index (χ3n) is 4.21. The molecule has 3 rings (SSSR count). The zero-order valence-corrected chi connectivity index (χ0v) is 15.5. The molecule has 2 aromatic rings. The Morgan fingerprint density at radius 3 is 2.88 bits per heavy atom. The molecule has 1 unspecified atom stereocenters. The van der Waals surface area contributed by atoms with Gasteiger partial charge in [0.2, 0.25) is 5.82 Å².